The summed E-state index contributed by atoms with van der Waals surface area (Å²) in [5, 5.41) is 0. The number of nitrogens with zero attached hydrogens (tertiary/aromatic N) is 2. The van der Waals surface area contributed by atoms with E-state index in [4.69, 9.17) is 5.73 Å². The number of anilines is 1. The van der Waals surface area contributed by atoms with Crippen molar-refractivity contribution in [2.75, 3.05) is 38.6 Å². The number of hydrogen-bond donors (Lipinski definition) is 1. The van der Waals surface area contributed by atoms with Gasteiger partial charge in [0.2, 0.25) is 0 Å². The quantitative estimate of drug-likeness (QED) is 0.906. The molecular weight excluding hydrogens is 241 g/mol. The molecule has 0 amide bonds. The van der Waals surface area contributed by atoms with E-state index in [1.165, 1.54) is 19.0 Å². The Bertz CT molecular complexity index is 433. The third-order valence-corrected chi connectivity index (χ3v) is 3.91. The van der Waals surface area contributed by atoms with E-state index in [-0.39, 0.29) is 11.9 Å². The van der Waals surface area contributed by atoms with Crippen LogP contribution in [0.15, 0.2) is 18.2 Å². The molecule has 1 aliphatic heterocycles. The van der Waals surface area contributed by atoms with Gasteiger partial charge in [-0.05, 0) is 56.6 Å². The molecule has 2 rings (SSSR count). The third-order valence-electron chi connectivity index (χ3n) is 3.91. The van der Waals surface area contributed by atoms with E-state index in [2.05, 4.69) is 23.9 Å². The SMILES string of the molecule is C[C@H](N)c1cc(F)ccc1N(C)CC1CCN(C)C1. The van der Waals surface area contributed by atoms with Crippen molar-refractivity contribution in [2.45, 2.75) is 19.4 Å². The smallest absolute Gasteiger partial charge is 0.123 e. The third kappa shape index (κ3) is 3.45. The van der Waals surface area contributed by atoms with Crippen LogP contribution in [0.4, 0.5) is 10.1 Å². The maximum atomic E-state index is 13.3. The molecule has 1 saturated heterocycles. The van der Waals surface area contributed by atoms with Crippen molar-refractivity contribution in [3.8, 4) is 0 Å². The summed E-state index contributed by atoms with van der Waals surface area (Å²) in [5.74, 6) is 0.464. The zero-order valence-electron chi connectivity index (χ0n) is 12.1. The number of hydrogen-bond acceptors (Lipinski definition) is 3. The first kappa shape index (κ1) is 14.3. The summed E-state index contributed by atoms with van der Waals surface area (Å²) < 4.78 is 13.3. The summed E-state index contributed by atoms with van der Waals surface area (Å²) in [6.07, 6.45) is 1.23. The van der Waals surface area contributed by atoms with Gasteiger partial charge in [-0.25, -0.2) is 4.39 Å². The Hall–Kier alpha value is -1.13. The number of benzene rings is 1. The molecule has 1 aromatic rings. The molecule has 0 spiro atoms. The summed E-state index contributed by atoms with van der Waals surface area (Å²) >= 11 is 0. The summed E-state index contributed by atoms with van der Waals surface area (Å²) in [4.78, 5) is 4.57. The lowest BCUT2D eigenvalue weighted by Crippen LogP contribution is -2.28. The van der Waals surface area contributed by atoms with Gasteiger partial charge in [-0.15, -0.1) is 0 Å². The topological polar surface area (TPSA) is 32.5 Å². The van der Waals surface area contributed by atoms with E-state index in [1.807, 2.05) is 13.0 Å². The Morgan fingerprint density at radius 3 is 2.84 bits per heavy atom. The van der Waals surface area contributed by atoms with Crippen LogP contribution in [0.5, 0.6) is 0 Å². The largest absolute Gasteiger partial charge is 0.374 e. The van der Waals surface area contributed by atoms with Crippen molar-refractivity contribution in [3.63, 3.8) is 0 Å². The van der Waals surface area contributed by atoms with Crippen molar-refractivity contribution in [1.82, 2.24) is 4.90 Å². The molecule has 0 aromatic heterocycles. The van der Waals surface area contributed by atoms with Crippen LogP contribution >= 0.6 is 0 Å². The Balaban J connectivity index is 2.12. The first-order chi connectivity index (χ1) is 8.97. The Kier molecular flexibility index (Phi) is 4.42. The molecule has 0 bridgehead atoms. The number of halogens is 1. The predicted molar refractivity (Wildman–Crippen MR) is 77.9 cm³/mol. The highest BCUT2D eigenvalue weighted by atomic mass is 19.1. The fourth-order valence-electron chi connectivity index (χ4n) is 2.90. The van der Waals surface area contributed by atoms with Gasteiger partial charge in [-0.1, -0.05) is 0 Å². The molecule has 2 N–H and O–H groups in total. The monoisotopic (exact) mass is 265 g/mol. The molecule has 1 fully saturated rings. The van der Waals surface area contributed by atoms with Crippen LogP contribution in [-0.4, -0.2) is 38.6 Å². The molecule has 4 heteroatoms. The standard InChI is InChI=1S/C15H24FN3/c1-11(17)14-8-13(16)4-5-15(14)19(3)10-12-6-7-18(2)9-12/h4-5,8,11-12H,6-7,9-10,17H2,1-3H3/t11-,12?/m0/s1. The van der Waals surface area contributed by atoms with E-state index in [0.29, 0.717) is 5.92 Å². The number of nitrogens with two attached hydrogens (primary N) is 1. The average molecular weight is 265 g/mol. The van der Waals surface area contributed by atoms with Crippen LogP contribution in [-0.2, 0) is 0 Å². The van der Waals surface area contributed by atoms with Crippen molar-refractivity contribution < 1.29 is 4.39 Å². The van der Waals surface area contributed by atoms with Gasteiger partial charge >= 0.3 is 0 Å². The molecule has 1 heterocycles. The lowest BCUT2D eigenvalue weighted by Gasteiger charge is -2.26. The normalized spacial score (nSPS) is 21.6. The molecular formula is C15H24FN3. The molecule has 2 atom stereocenters. The highest BCUT2D eigenvalue weighted by Crippen LogP contribution is 2.27. The van der Waals surface area contributed by atoms with Gasteiger partial charge in [-0.3, -0.25) is 0 Å². The Labute approximate surface area is 115 Å². The molecule has 1 aromatic carbocycles. The second kappa shape index (κ2) is 5.88. The molecule has 0 saturated carbocycles. The molecule has 1 unspecified atom stereocenters. The van der Waals surface area contributed by atoms with Crippen LogP contribution in [0.2, 0.25) is 0 Å². The zero-order chi connectivity index (χ0) is 14.0. The van der Waals surface area contributed by atoms with E-state index in [0.717, 1.165) is 24.3 Å². The molecule has 3 nitrogen and oxygen atoms in total. The highest BCUT2D eigenvalue weighted by molar-refractivity contribution is 5.54. The Morgan fingerprint density at radius 1 is 1.53 bits per heavy atom. The van der Waals surface area contributed by atoms with E-state index in [1.54, 1.807) is 6.07 Å². The molecule has 106 valence electrons. The van der Waals surface area contributed by atoms with E-state index in [9.17, 15) is 4.39 Å². The first-order valence-corrected chi connectivity index (χ1v) is 6.92. The molecule has 1 aliphatic rings. The van der Waals surface area contributed by atoms with Gasteiger partial charge in [0.15, 0.2) is 0 Å². The van der Waals surface area contributed by atoms with Crippen LogP contribution in [0.1, 0.15) is 24.9 Å². The van der Waals surface area contributed by atoms with Crippen molar-refractivity contribution in [2.24, 2.45) is 11.7 Å². The second-order valence-corrected chi connectivity index (χ2v) is 5.79. The number of rotatable bonds is 4. The minimum absolute atomic E-state index is 0.153. The highest BCUT2D eigenvalue weighted by Gasteiger charge is 2.22. The van der Waals surface area contributed by atoms with E-state index < -0.39 is 0 Å². The minimum atomic E-state index is -0.218. The number of likely N-dealkylation sites (tertiary alicyclic amines) is 1. The fourth-order valence-corrected chi connectivity index (χ4v) is 2.90. The van der Waals surface area contributed by atoms with Crippen molar-refractivity contribution in [1.29, 1.82) is 0 Å². The maximum Gasteiger partial charge on any atom is 0.123 e. The van der Waals surface area contributed by atoms with Gasteiger partial charge in [0.25, 0.3) is 0 Å². The second-order valence-electron chi connectivity index (χ2n) is 5.79. The Morgan fingerprint density at radius 2 is 2.26 bits per heavy atom. The van der Waals surface area contributed by atoms with E-state index >= 15 is 0 Å². The summed E-state index contributed by atoms with van der Waals surface area (Å²) in [6.45, 7) is 5.20. The summed E-state index contributed by atoms with van der Waals surface area (Å²) in [7, 11) is 4.22. The van der Waals surface area contributed by atoms with Gasteiger partial charge in [0.1, 0.15) is 5.82 Å². The van der Waals surface area contributed by atoms with Gasteiger partial charge < -0.3 is 15.5 Å². The fraction of sp³-hybridized carbons (Fsp3) is 0.600. The van der Waals surface area contributed by atoms with Crippen LogP contribution < -0.4 is 10.6 Å². The van der Waals surface area contributed by atoms with Crippen LogP contribution in [0.3, 0.4) is 0 Å². The molecule has 0 radical (unpaired) electrons. The molecule has 0 aliphatic carbocycles. The van der Waals surface area contributed by atoms with Gasteiger partial charge in [0, 0.05) is 31.9 Å². The lowest BCUT2D eigenvalue weighted by atomic mass is 10.0. The summed E-state index contributed by atoms with van der Waals surface area (Å²) in [5.41, 5.74) is 7.88. The lowest BCUT2D eigenvalue weighted by molar-refractivity contribution is 0.396. The first-order valence-electron chi connectivity index (χ1n) is 6.92. The summed E-state index contributed by atoms with van der Waals surface area (Å²) in [6, 6.07) is 4.75. The van der Waals surface area contributed by atoms with Gasteiger partial charge in [-0.2, -0.15) is 0 Å². The van der Waals surface area contributed by atoms with Crippen LogP contribution in [0, 0.1) is 11.7 Å². The molecule has 19 heavy (non-hydrogen) atoms. The zero-order valence-corrected chi connectivity index (χ0v) is 12.1. The van der Waals surface area contributed by atoms with Crippen LogP contribution in [0.25, 0.3) is 0 Å². The maximum absolute atomic E-state index is 13.3. The minimum Gasteiger partial charge on any atom is -0.374 e. The van der Waals surface area contributed by atoms with Crippen molar-refractivity contribution >= 4 is 5.69 Å². The van der Waals surface area contributed by atoms with Gasteiger partial charge in [0.05, 0.1) is 0 Å². The predicted octanol–water partition coefficient (Wildman–Crippen LogP) is 2.23. The van der Waals surface area contributed by atoms with Crippen molar-refractivity contribution in [3.05, 3.63) is 29.6 Å². The average Bonchev–Trinajstić information content (AvgIpc) is 2.74.